The van der Waals surface area contributed by atoms with Crippen LogP contribution in [-0.4, -0.2) is 13.7 Å². The van der Waals surface area contributed by atoms with E-state index in [0.29, 0.717) is 5.92 Å². The molecule has 3 rings (SSSR count). The molecule has 0 aromatic heterocycles. The predicted molar refractivity (Wildman–Crippen MR) is 85.2 cm³/mol. The molecular weight excluding hydrogens is 293 g/mol. The minimum atomic E-state index is 0. The van der Waals surface area contributed by atoms with E-state index in [1.165, 1.54) is 16.7 Å². The standard InChI is InChI=1S/C16H16ClNO.ClH/c1-19-15-7-3-5-12-9-18-10-14(16(12)15)11-4-2-6-13(17)8-11;/h2-8,14,18H,9-10H2,1H3;1H. The van der Waals surface area contributed by atoms with Crippen molar-refractivity contribution in [1.82, 2.24) is 5.32 Å². The number of halogens is 2. The van der Waals surface area contributed by atoms with Crippen molar-refractivity contribution in [2.24, 2.45) is 0 Å². The number of methoxy groups -OCH3 is 1. The summed E-state index contributed by atoms with van der Waals surface area (Å²) in [5, 5.41) is 4.24. The molecule has 0 saturated carbocycles. The summed E-state index contributed by atoms with van der Waals surface area (Å²) >= 11 is 6.11. The molecule has 1 heterocycles. The summed E-state index contributed by atoms with van der Waals surface area (Å²) in [7, 11) is 1.73. The number of ether oxygens (including phenoxy) is 1. The van der Waals surface area contributed by atoms with Crippen LogP contribution in [0.25, 0.3) is 0 Å². The van der Waals surface area contributed by atoms with Gasteiger partial charge in [-0.05, 0) is 29.3 Å². The van der Waals surface area contributed by atoms with Crippen molar-refractivity contribution in [2.75, 3.05) is 13.7 Å². The second-order valence-corrected chi connectivity index (χ2v) is 5.21. The maximum Gasteiger partial charge on any atom is 0.123 e. The molecule has 2 aromatic rings. The van der Waals surface area contributed by atoms with Gasteiger partial charge in [0.05, 0.1) is 7.11 Å². The van der Waals surface area contributed by atoms with Gasteiger partial charge in [-0.25, -0.2) is 0 Å². The summed E-state index contributed by atoms with van der Waals surface area (Å²) in [6.07, 6.45) is 0. The van der Waals surface area contributed by atoms with Gasteiger partial charge in [-0.2, -0.15) is 0 Å². The van der Waals surface area contributed by atoms with Gasteiger partial charge >= 0.3 is 0 Å². The van der Waals surface area contributed by atoms with Crippen LogP contribution in [0.1, 0.15) is 22.6 Å². The molecule has 2 nitrogen and oxygen atoms in total. The lowest BCUT2D eigenvalue weighted by Crippen LogP contribution is -2.29. The van der Waals surface area contributed by atoms with E-state index >= 15 is 0 Å². The van der Waals surface area contributed by atoms with E-state index in [4.69, 9.17) is 16.3 Å². The Kier molecular flexibility index (Phi) is 4.92. The fraction of sp³-hybridized carbons (Fsp3) is 0.250. The summed E-state index contributed by atoms with van der Waals surface area (Å²) in [5.74, 6) is 1.25. The maximum absolute atomic E-state index is 6.11. The first-order chi connectivity index (χ1) is 9.29. The summed E-state index contributed by atoms with van der Waals surface area (Å²) in [6.45, 7) is 1.80. The van der Waals surface area contributed by atoms with E-state index in [2.05, 4.69) is 17.4 Å². The van der Waals surface area contributed by atoms with Crippen molar-refractivity contribution in [1.29, 1.82) is 0 Å². The molecule has 1 atom stereocenters. The van der Waals surface area contributed by atoms with Crippen LogP contribution < -0.4 is 10.1 Å². The lowest BCUT2D eigenvalue weighted by Gasteiger charge is -2.28. The van der Waals surface area contributed by atoms with Gasteiger partial charge in [-0.15, -0.1) is 12.4 Å². The zero-order valence-corrected chi connectivity index (χ0v) is 12.8. The van der Waals surface area contributed by atoms with Gasteiger partial charge in [-0.3, -0.25) is 0 Å². The van der Waals surface area contributed by atoms with Crippen LogP contribution in [0, 0.1) is 0 Å². The molecule has 0 bridgehead atoms. The number of hydrogen-bond acceptors (Lipinski definition) is 2. The molecule has 0 radical (unpaired) electrons. The molecule has 4 heteroatoms. The molecule has 0 amide bonds. The van der Waals surface area contributed by atoms with E-state index < -0.39 is 0 Å². The lowest BCUT2D eigenvalue weighted by molar-refractivity contribution is 0.402. The number of rotatable bonds is 2. The normalized spacial score (nSPS) is 17.0. The van der Waals surface area contributed by atoms with Gasteiger partial charge in [0, 0.05) is 29.6 Å². The number of hydrogen-bond donors (Lipinski definition) is 1. The molecule has 1 aliphatic heterocycles. The maximum atomic E-state index is 6.11. The number of fused-ring (bicyclic) bond motifs is 1. The summed E-state index contributed by atoms with van der Waals surface area (Å²) in [4.78, 5) is 0. The Labute approximate surface area is 130 Å². The molecule has 0 spiro atoms. The second kappa shape index (κ2) is 6.49. The van der Waals surface area contributed by atoms with Crippen LogP contribution in [0.2, 0.25) is 5.02 Å². The first kappa shape index (κ1) is 15.2. The minimum Gasteiger partial charge on any atom is -0.496 e. The first-order valence-electron chi connectivity index (χ1n) is 6.41. The van der Waals surface area contributed by atoms with Crippen molar-refractivity contribution >= 4 is 24.0 Å². The van der Waals surface area contributed by atoms with E-state index in [-0.39, 0.29) is 12.4 Å². The third-order valence-corrected chi connectivity index (χ3v) is 3.87. The third-order valence-electron chi connectivity index (χ3n) is 3.64. The van der Waals surface area contributed by atoms with Crippen LogP contribution in [0.3, 0.4) is 0 Å². The molecular formula is C16H17Cl2NO. The topological polar surface area (TPSA) is 21.3 Å². The molecule has 1 unspecified atom stereocenters. The van der Waals surface area contributed by atoms with Gasteiger partial charge < -0.3 is 10.1 Å². The van der Waals surface area contributed by atoms with Crippen molar-refractivity contribution in [3.05, 3.63) is 64.2 Å². The first-order valence-corrected chi connectivity index (χ1v) is 6.79. The van der Waals surface area contributed by atoms with Gasteiger partial charge in [0.25, 0.3) is 0 Å². The third kappa shape index (κ3) is 2.78. The Morgan fingerprint density at radius 2 is 2.00 bits per heavy atom. The van der Waals surface area contributed by atoms with Crippen molar-refractivity contribution in [3.8, 4) is 5.75 Å². The van der Waals surface area contributed by atoms with E-state index in [1.807, 2.05) is 30.3 Å². The molecule has 1 aliphatic rings. The van der Waals surface area contributed by atoms with Gasteiger partial charge in [-0.1, -0.05) is 35.9 Å². The van der Waals surface area contributed by atoms with Crippen LogP contribution in [0.4, 0.5) is 0 Å². The molecule has 0 fully saturated rings. The highest BCUT2D eigenvalue weighted by Gasteiger charge is 2.25. The van der Waals surface area contributed by atoms with Crippen molar-refractivity contribution in [3.63, 3.8) is 0 Å². The zero-order chi connectivity index (χ0) is 13.2. The average molecular weight is 310 g/mol. The molecule has 106 valence electrons. The summed E-state index contributed by atoms with van der Waals surface area (Å²) in [6, 6.07) is 14.3. The number of nitrogens with one attached hydrogen (secondary N) is 1. The Balaban J connectivity index is 0.00000147. The van der Waals surface area contributed by atoms with Crippen LogP contribution >= 0.6 is 24.0 Å². The van der Waals surface area contributed by atoms with Gasteiger partial charge in [0.1, 0.15) is 5.75 Å². The Bertz CT molecular complexity index is 587. The molecule has 0 saturated heterocycles. The highest BCUT2D eigenvalue weighted by atomic mass is 35.5. The van der Waals surface area contributed by atoms with E-state index in [9.17, 15) is 0 Å². The Hall–Kier alpha value is -1.22. The monoisotopic (exact) mass is 309 g/mol. The fourth-order valence-electron chi connectivity index (χ4n) is 2.78. The highest BCUT2D eigenvalue weighted by Crippen LogP contribution is 2.37. The SMILES string of the molecule is COc1cccc2c1C(c1cccc(Cl)c1)CNC2.Cl. The lowest BCUT2D eigenvalue weighted by atomic mass is 9.85. The largest absolute Gasteiger partial charge is 0.496 e. The van der Waals surface area contributed by atoms with E-state index in [1.54, 1.807) is 7.11 Å². The summed E-state index contributed by atoms with van der Waals surface area (Å²) in [5.41, 5.74) is 3.81. The average Bonchev–Trinajstić information content (AvgIpc) is 2.46. The Morgan fingerprint density at radius 3 is 2.75 bits per heavy atom. The molecule has 1 N–H and O–H groups in total. The predicted octanol–water partition coefficient (Wildman–Crippen LogP) is 4.01. The quantitative estimate of drug-likeness (QED) is 0.905. The van der Waals surface area contributed by atoms with Gasteiger partial charge in [0.15, 0.2) is 0 Å². The van der Waals surface area contributed by atoms with Gasteiger partial charge in [0.2, 0.25) is 0 Å². The molecule has 20 heavy (non-hydrogen) atoms. The van der Waals surface area contributed by atoms with Crippen molar-refractivity contribution in [2.45, 2.75) is 12.5 Å². The van der Waals surface area contributed by atoms with E-state index in [0.717, 1.165) is 23.9 Å². The molecule has 2 aromatic carbocycles. The summed E-state index contributed by atoms with van der Waals surface area (Å²) < 4.78 is 5.53. The van der Waals surface area contributed by atoms with Crippen LogP contribution in [-0.2, 0) is 6.54 Å². The fourth-order valence-corrected chi connectivity index (χ4v) is 2.98. The number of benzene rings is 2. The second-order valence-electron chi connectivity index (χ2n) is 4.77. The Morgan fingerprint density at radius 1 is 1.20 bits per heavy atom. The highest BCUT2D eigenvalue weighted by molar-refractivity contribution is 6.30. The smallest absolute Gasteiger partial charge is 0.123 e. The minimum absolute atomic E-state index is 0. The van der Waals surface area contributed by atoms with Crippen molar-refractivity contribution < 1.29 is 4.74 Å². The molecule has 0 aliphatic carbocycles. The van der Waals surface area contributed by atoms with Crippen LogP contribution in [0.15, 0.2) is 42.5 Å². The van der Waals surface area contributed by atoms with Crippen LogP contribution in [0.5, 0.6) is 5.75 Å². The zero-order valence-electron chi connectivity index (χ0n) is 11.2.